The number of aliphatic hydroxyl groups is 1. The largest absolute Gasteiger partial charge is 0.491 e. The maximum Gasteiger partial charge on any atom is 0.491 e. The molecule has 0 spiro atoms. The fraction of sp³-hybridized carbons (Fsp3) is 0.286. The zero-order valence-electron chi connectivity index (χ0n) is 16.2. The smallest absolute Gasteiger partial charge is 0.423 e. The number of fused-ring (bicyclic) bond motifs is 1. The molecule has 2 aromatic carbocycles. The third-order valence-electron chi connectivity index (χ3n) is 5.58. The molecule has 6 nitrogen and oxygen atoms in total. The molecule has 156 valence electrons. The number of carbonyl (C=O) groups is 1. The lowest BCUT2D eigenvalue weighted by atomic mass is 9.73. The van der Waals surface area contributed by atoms with Crippen LogP contribution in [-0.2, 0) is 22.4 Å². The number of rotatable bonds is 5. The van der Waals surface area contributed by atoms with Gasteiger partial charge in [0.15, 0.2) is 5.60 Å². The van der Waals surface area contributed by atoms with Crippen molar-refractivity contribution in [2.24, 2.45) is 0 Å². The molecular formula is C21H21BClFN2O4. The predicted molar refractivity (Wildman–Crippen MR) is 113 cm³/mol. The summed E-state index contributed by atoms with van der Waals surface area (Å²) in [5, 5.41) is 24.1. The van der Waals surface area contributed by atoms with Crippen LogP contribution in [0.4, 0.5) is 10.1 Å². The third-order valence-corrected chi connectivity index (χ3v) is 5.79. The van der Waals surface area contributed by atoms with Crippen LogP contribution in [-0.4, -0.2) is 41.9 Å². The maximum atomic E-state index is 13.5. The molecule has 1 unspecified atom stereocenters. The molecular weight excluding hydrogens is 410 g/mol. The first-order valence-electron chi connectivity index (χ1n) is 9.63. The zero-order valence-corrected chi connectivity index (χ0v) is 17.0. The van der Waals surface area contributed by atoms with Crippen LogP contribution >= 0.6 is 11.6 Å². The summed E-state index contributed by atoms with van der Waals surface area (Å²) in [6.45, 7) is 4.73. The lowest BCUT2D eigenvalue weighted by Gasteiger charge is -2.26. The molecule has 9 heteroatoms. The number of hydrogen-bond donors (Lipinski definition) is 3. The first kappa shape index (κ1) is 20.9. The molecule has 0 bridgehead atoms. The number of carbonyl (C=O) groups excluding carboxylic acids is 1. The minimum Gasteiger partial charge on any atom is -0.423 e. The second-order valence-electron chi connectivity index (χ2n) is 7.53. The molecule has 2 aliphatic rings. The Morgan fingerprint density at radius 2 is 2.17 bits per heavy atom. The second kappa shape index (κ2) is 8.04. The van der Waals surface area contributed by atoms with Crippen molar-refractivity contribution in [3.63, 3.8) is 0 Å². The molecule has 1 fully saturated rings. The first-order chi connectivity index (χ1) is 14.3. The summed E-state index contributed by atoms with van der Waals surface area (Å²) in [7, 11) is -0.964. The number of nitrogens with zero attached hydrogens (tertiary/aromatic N) is 1. The van der Waals surface area contributed by atoms with Crippen molar-refractivity contribution >= 4 is 35.8 Å². The van der Waals surface area contributed by atoms with Crippen molar-refractivity contribution in [2.45, 2.75) is 25.0 Å². The van der Waals surface area contributed by atoms with Gasteiger partial charge in [-0.15, -0.1) is 0 Å². The van der Waals surface area contributed by atoms with Crippen LogP contribution in [0.15, 0.2) is 48.7 Å². The van der Waals surface area contributed by atoms with E-state index in [1.54, 1.807) is 18.2 Å². The quantitative estimate of drug-likeness (QED) is 0.627. The van der Waals surface area contributed by atoms with E-state index in [1.807, 2.05) is 6.07 Å². The molecule has 2 heterocycles. The Balaban J connectivity index is 1.48. The second-order valence-corrected chi connectivity index (χ2v) is 7.97. The summed E-state index contributed by atoms with van der Waals surface area (Å²) in [4.78, 5) is 14.5. The van der Waals surface area contributed by atoms with E-state index >= 15 is 0 Å². The number of benzene rings is 2. The highest BCUT2D eigenvalue weighted by Gasteiger charge is 2.48. The number of anilines is 1. The normalized spacial score (nSPS) is 21.0. The Hall–Kier alpha value is -2.39. The van der Waals surface area contributed by atoms with E-state index in [-0.39, 0.29) is 23.7 Å². The lowest BCUT2D eigenvalue weighted by Crippen LogP contribution is -2.45. The monoisotopic (exact) mass is 430 g/mol. The molecule has 2 aliphatic heterocycles. The van der Waals surface area contributed by atoms with Gasteiger partial charge in [-0.05, 0) is 53.3 Å². The van der Waals surface area contributed by atoms with E-state index in [0.717, 1.165) is 5.56 Å². The summed E-state index contributed by atoms with van der Waals surface area (Å²) in [6.07, 6.45) is 0.807. The van der Waals surface area contributed by atoms with Gasteiger partial charge in [-0.3, -0.25) is 4.79 Å². The van der Waals surface area contributed by atoms with E-state index in [4.69, 9.17) is 16.3 Å². The molecule has 0 radical (unpaired) electrons. The van der Waals surface area contributed by atoms with Crippen LogP contribution < -0.4 is 15.7 Å². The molecule has 1 amide bonds. The van der Waals surface area contributed by atoms with Crippen molar-refractivity contribution in [2.75, 3.05) is 18.1 Å². The molecule has 0 aromatic heterocycles. The van der Waals surface area contributed by atoms with Crippen molar-refractivity contribution in [3.05, 3.63) is 70.6 Å². The standard InChI is InChI=1S/C21H21BClFN2O4/c1-13(25-12-14-8-16(23)11-17(24)9-14)21(28)5-6-26(20(21)27)18-2-3-19-15(10-18)4-7-30-22(19)29/h2-3,8-11,25,28-29H,1,4-7,12H2. The van der Waals surface area contributed by atoms with E-state index in [9.17, 15) is 19.3 Å². The zero-order chi connectivity index (χ0) is 21.5. The van der Waals surface area contributed by atoms with Crippen molar-refractivity contribution in [1.82, 2.24) is 5.32 Å². The molecule has 1 saturated heterocycles. The summed E-state index contributed by atoms with van der Waals surface area (Å²) in [5.41, 5.74) is 1.20. The van der Waals surface area contributed by atoms with Crippen LogP contribution in [0.2, 0.25) is 5.02 Å². The van der Waals surface area contributed by atoms with E-state index < -0.39 is 24.4 Å². The molecule has 2 aromatic rings. The number of halogens is 2. The van der Waals surface area contributed by atoms with E-state index in [0.29, 0.717) is 36.3 Å². The number of amides is 1. The van der Waals surface area contributed by atoms with Gasteiger partial charge in [-0.25, -0.2) is 4.39 Å². The third kappa shape index (κ3) is 3.84. The summed E-state index contributed by atoms with van der Waals surface area (Å²) < 4.78 is 18.7. The average molecular weight is 431 g/mol. The Kier molecular flexibility index (Phi) is 5.59. The highest BCUT2D eigenvalue weighted by atomic mass is 35.5. The Labute approximate surface area is 179 Å². The SMILES string of the molecule is C=C(NCc1cc(F)cc(Cl)c1)C1(O)CCN(c2ccc3c(c2)CCOB3O)C1=O. The molecule has 1 atom stereocenters. The summed E-state index contributed by atoms with van der Waals surface area (Å²) >= 11 is 5.87. The highest BCUT2D eigenvalue weighted by Crippen LogP contribution is 2.32. The van der Waals surface area contributed by atoms with Gasteiger partial charge < -0.3 is 25.0 Å². The molecule has 0 aliphatic carbocycles. The predicted octanol–water partition coefficient (Wildman–Crippen LogP) is 1.51. The molecule has 30 heavy (non-hydrogen) atoms. The molecule has 4 rings (SSSR count). The van der Waals surface area contributed by atoms with Crippen molar-refractivity contribution in [3.8, 4) is 0 Å². The van der Waals surface area contributed by atoms with Crippen molar-refractivity contribution < 1.29 is 24.0 Å². The first-order valence-corrected chi connectivity index (χ1v) is 10.0. The van der Waals surface area contributed by atoms with Crippen molar-refractivity contribution in [1.29, 1.82) is 0 Å². The lowest BCUT2D eigenvalue weighted by molar-refractivity contribution is -0.130. The summed E-state index contributed by atoms with van der Waals surface area (Å²) in [5.74, 6) is -0.945. The van der Waals surface area contributed by atoms with E-state index in [2.05, 4.69) is 11.9 Å². The van der Waals surface area contributed by atoms with Gasteiger partial charge in [0.1, 0.15) is 5.82 Å². The van der Waals surface area contributed by atoms with Gasteiger partial charge in [-0.1, -0.05) is 24.2 Å². The minimum absolute atomic E-state index is 0.150. The minimum atomic E-state index is -1.77. The molecule has 3 N–H and O–H groups in total. The van der Waals surface area contributed by atoms with Gasteiger partial charge in [0, 0.05) is 42.5 Å². The van der Waals surface area contributed by atoms with Crippen LogP contribution in [0, 0.1) is 5.82 Å². The van der Waals surface area contributed by atoms with Crippen LogP contribution in [0.1, 0.15) is 17.5 Å². The summed E-state index contributed by atoms with van der Waals surface area (Å²) in [6, 6.07) is 9.43. The Morgan fingerprint density at radius 3 is 2.93 bits per heavy atom. The van der Waals surface area contributed by atoms with Gasteiger partial charge in [-0.2, -0.15) is 0 Å². The average Bonchev–Trinajstić information content (AvgIpc) is 3.01. The van der Waals surface area contributed by atoms with Crippen LogP contribution in [0.3, 0.4) is 0 Å². The highest BCUT2D eigenvalue weighted by molar-refractivity contribution is 6.60. The van der Waals surface area contributed by atoms with Crippen LogP contribution in [0.25, 0.3) is 0 Å². The number of hydrogen-bond acceptors (Lipinski definition) is 5. The Morgan fingerprint density at radius 1 is 1.37 bits per heavy atom. The molecule has 0 saturated carbocycles. The van der Waals surface area contributed by atoms with Gasteiger partial charge in [0.05, 0.1) is 0 Å². The Bertz CT molecular complexity index is 1000. The number of nitrogens with one attached hydrogen (secondary N) is 1. The fourth-order valence-electron chi connectivity index (χ4n) is 3.89. The van der Waals surface area contributed by atoms with Gasteiger partial charge >= 0.3 is 7.12 Å². The fourth-order valence-corrected chi connectivity index (χ4v) is 4.13. The van der Waals surface area contributed by atoms with E-state index in [1.165, 1.54) is 17.0 Å². The van der Waals surface area contributed by atoms with Gasteiger partial charge in [0.2, 0.25) is 0 Å². The maximum absolute atomic E-state index is 13.5. The van der Waals surface area contributed by atoms with Crippen LogP contribution in [0.5, 0.6) is 0 Å². The topological polar surface area (TPSA) is 82.0 Å². The van der Waals surface area contributed by atoms with Gasteiger partial charge in [0.25, 0.3) is 5.91 Å².